The first-order chi connectivity index (χ1) is 9.15. The van der Waals surface area contributed by atoms with Crippen molar-refractivity contribution in [1.29, 1.82) is 0 Å². The summed E-state index contributed by atoms with van der Waals surface area (Å²) in [6.07, 6.45) is 4.57. The Hall–Kier alpha value is -1.20. The van der Waals surface area contributed by atoms with E-state index in [1.54, 1.807) is 12.3 Å². The van der Waals surface area contributed by atoms with Crippen LogP contribution in [0.3, 0.4) is 0 Å². The lowest BCUT2D eigenvalue weighted by molar-refractivity contribution is 0.518. The van der Waals surface area contributed by atoms with Crippen LogP contribution in [0.25, 0.3) is 0 Å². The van der Waals surface area contributed by atoms with Crippen LogP contribution in [-0.2, 0) is 7.05 Å². The minimum absolute atomic E-state index is 0.231. The molecule has 1 unspecified atom stereocenters. The Balaban J connectivity index is 2.46. The molecule has 0 amide bonds. The fourth-order valence-corrected chi connectivity index (χ4v) is 2.62. The Kier molecular flexibility index (Phi) is 4.71. The van der Waals surface area contributed by atoms with E-state index < -0.39 is 0 Å². The van der Waals surface area contributed by atoms with Crippen molar-refractivity contribution in [2.75, 3.05) is 6.54 Å². The monoisotopic (exact) mass is 325 g/mol. The molecule has 0 saturated heterocycles. The van der Waals surface area contributed by atoms with Gasteiger partial charge in [0.2, 0.25) is 0 Å². The van der Waals surface area contributed by atoms with Crippen LogP contribution in [0.15, 0.2) is 35.1 Å². The Bertz CT molecular complexity index is 533. The highest BCUT2D eigenvalue weighted by Gasteiger charge is 2.23. The number of aryl methyl sites for hydroxylation is 1. The maximum atomic E-state index is 14.1. The fourth-order valence-electron chi connectivity index (χ4n) is 2.05. The summed E-state index contributed by atoms with van der Waals surface area (Å²) >= 11 is 3.43. The zero-order valence-electron chi connectivity index (χ0n) is 11.0. The number of hydrogen-bond donors (Lipinski definition) is 1. The first-order valence-electron chi connectivity index (χ1n) is 6.29. The van der Waals surface area contributed by atoms with Crippen molar-refractivity contribution in [3.8, 4) is 0 Å². The number of nitrogens with zero attached hydrogens (tertiary/aromatic N) is 2. The summed E-state index contributed by atoms with van der Waals surface area (Å²) in [6, 6.07) is 4.76. The molecule has 0 radical (unpaired) electrons. The van der Waals surface area contributed by atoms with E-state index in [2.05, 4.69) is 33.2 Å². The maximum Gasteiger partial charge on any atom is 0.130 e. The normalized spacial score (nSPS) is 12.6. The second-order valence-electron chi connectivity index (χ2n) is 4.42. The molecule has 1 atom stereocenters. The molecular weight excluding hydrogens is 309 g/mol. The number of aromatic nitrogens is 2. The molecule has 1 aromatic heterocycles. The maximum absolute atomic E-state index is 14.1. The van der Waals surface area contributed by atoms with Gasteiger partial charge in [-0.05, 0) is 25.1 Å². The molecule has 0 fully saturated rings. The van der Waals surface area contributed by atoms with Crippen LogP contribution >= 0.6 is 15.9 Å². The first-order valence-corrected chi connectivity index (χ1v) is 7.09. The molecule has 0 saturated carbocycles. The third-order valence-electron chi connectivity index (χ3n) is 3.00. The van der Waals surface area contributed by atoms with Gasteiger partial charge in [-0.1, -0.05) is 28.9 Å². The van der Waals surface area contributed by atoms with Crippen molar-refractivity contribution in [1.82, 2.24) is 14.9 Å². The molecule has 0 aliphatic carbocycles. The smallest absolute Gasteiger partial charge is 0.130 e. The Labute approximate surface area is 121 Å². The number of imidazole rings is 1. The summed E-state index contributed by atoms with van der Waals surface area (Å²) in [5.74, 6) is 0.574. The average molecular weight is 326 g/mol. The number of nitrogens with one attached hydrogen (secondary N) is 1. The summed E-state index contributed by atoms with van der Waals surface area (Å²) in [7, 11) is 1.91. The average Bonchev–Trinajstić information content (AvgIpc) is 2.79. The quantitative estimate of drug-likeness (QED) is 0.912. The lowest BCUT2D eigenvalue weighted by atomic mass is 10.1. The molecule has 5 heteroatoms. The Morgan fingerprint density at radius 2 is 2.26 bits per heavy atom. The van der Waals surface area contributed by atoms with E-state index in [0.717, 1.165) is 23.3 Å². The number of hydrogen-bond acceptors (Lipinski definition) is 2. The molecule has 2 rings (SSSR count). The van der Waals surface area contributed by atoms with E-state index >= 15 is 0 Å². The summed E-state index contributed by atoms with van der Waals surface area (Å²) in [5, 5.41) is 3.36. The first kappa shape index (κ1) is 14.2. The summed E-state index contributed by atoms with van der Waals surface area (Å²) in [6.45, 7) is 2.89. The molecular formula is C14H17BrFN3. The van der Waals surface area contributed by atoms with E-state index in [4.69, 9.17) is 0 Å². The standard InChI is InChI=1S/C14H17BrFN3/c1-3-7-17-13(14-18-8-9-19(14)2)12-10(15)5-4-6-11(12)16/h4-6,8-9,13,17H,3,7H2,1-2H3. The topological polar surface area (TPSA) is 29.9 Å². The molecule has 19 heavy (non-hydrogen) atoms. The van der Waals surface area contributed by atoms with Gasteiger partial charge in [0.15, 0.2) is 0 Å². The summed E-state index contributed by atoms with van der Waals surface area (Å²) in [4.78, 5) is 4.34. The molecule has 0 aliphatic rings. The molecule has 0 bridgehead atoms. The minimum Gasteiger partial charge on any atom is -0.336 e. The summed E-state index contributed by atoms with van der Waals surface area (Å²) in [5.41, 5.74) is 0.602. The molecule has 1 N–H and O–H groups in total. The van der Waals surface area contributed by atoms with E-state index in [0.29, 0.717) is 5.56 Å². The van der Waals surface area contributed by atoms with Gasteiger partial charge in [0.05, 0.1) is 6.04 Å². The summed E-state index contributed by atoms with van der Waals surface area (Å²) < 4.78 is 16.8. The number of halogens is 2. The van der Waals surface area contributed by atoms with E-state index in [1.807, 2.05) is 23.9 Å². The molecule has 2 aromatic rings. The highest BCUT2D eigenvalue weighted by atomic mass is 79.9. The Morgan fingerprint density at radius 3 is 2.84 bits per heavy atom. The molecule has 0 spiro atoms. The van der Waals surface area contributed by atoms with Crippen molar-refractivity contribution >= 4 is 15.9 Å². The lowest BCUT2D eigenvalue weighted by Gasteiger charge is -2.20. The fraction of sp³-hybridized carbons (Fsp3) is 0.357. The van der Waals surface area contributed by atoms with E-state index in [1.165, 1.54) is 6.07 Å². The van der Waals surface area contributed by atoms with Gasteiger partial charge in [-0.25, -0.2) is 9.37 Å². The van der Waals surface area contributed by atoms with E-state index in [9.17, 15) is 4.39 Å². The number of benzene rings is 1. The number of rotatable bonds is 5. The van der Waals surface area contributed by atoms with Gasteiger partial charge in [-0.15, -0.1) is 0 Å². The molecule has 3 nitrogen and oxygen atoms in total. The van der Waals surface area contributed by atoms with Crippen molar-refractivity contribution < 1.29 is 4.39 Å². The largest absolute Gasteiger partial charge is 0.336 e. The zero-order valence-corrected chi connectivity index (χ0v) is 12.6. The van der Waals surface area contributed by atoms with Crippen LogP contribution in [0.2, 0.25) is 0 Å². The van der Waals surface area contributed by atoms with Gasteiger partial charge in [-0.3, -0.25) is 0 Å². The van der Waals surface area contributed by atoms with Gasteiger partial charge < -0.3 is 9.88 Å². The van der Waals surface area contributed by atoms with Crippen molar-refractivity contribution in [3.63, 3.8) is 0 Å². The van der Waals surface area contributed by atoms with Crippen molar-refractivity contribution in [3.05, 3.63) is 52.3 Å². The van der Waals surface area contributed by atoms with Gasteiger partial charge in [-0.2, -0.15) is 0 Å². The van der Waals surface area contributed by atoms with Crippen molar-refractivity contribution in [2.45, 2.75) is 19.4 Å². The van der Waals surface area contributed by atoms with Crippen LogP contribution in [0, 0.1) is 5.82 Å². The predicted octanol–water partition coefficient (Wildman–Crippen LogP) is 3.41. The van der Waals surface area contributed by atoms with Gasteiger partial charge in [0, 0.05) is 29.5 Å². The highest BCUT2D eigenvalue weighted by molar-refractivity contribution is 9.10. The minimum atomic E-state index is -0.254. The van der Waals surface area contributed by atoms with Crippen LogP contribution < -0.4 is 5.32 Å². The second-order valence-corrected chi connectivity index (χ2v) is 5.27. The van der Waals surface area contributed by atoms with Gasteiger partial charge in [0.1, 0.15) is 11.6 Å². The second kappa shape index (κ2) is 6.30. The van der Waals surface area contributed by atoms with Crippen LogP contribution in [-0.4, -0.2) is 16.1 Å². The van der Waals surface area contributed by atoms with Crippen LogP contribution in [0.4, 0.5) is 4.39 Å². The Morgan fingerprint density at radius 1 is 1.47 bits per heavy atom. The third kappa shape index (κ3) is 3.04. The van der Waals surface area contributed by atoms with Crippen molar-refractivity contribution in [2.24, 2.45) is 7.05 Å². The van der Waals surface area contributed by atoms with Gasteiger partial charge >= 0.3 is 0 Å². The SMILES string of the molecule is CCCNC(c1c(F)cccc1Br)c1nccn1C. The molecule has 1 heterocycles. The van der Waals surface area contributed by atoms with Crippen LogP contribution in [0.5, 0.6) is 0 Å². The van der Waals surface area contributed by atoms with Crippen LogP contribution in [0.1, 0.15) is 30.8 Å². The third-order valence-corrected chi connectivity index (χ3v) is 3.69. The molecule has 0 aliphatic heterocycles. The lowest BCUT2D eigenvalue weighted by Crippen LogP contribution is -2.27. The van der Waals surface area contributed by atoms with E-state index in [-0.39, 0.29) is 11.9 Å². The highest BCUT2D eigenvalue weighted by Crippen LogP contribution is 2.30. The zero-order chi connectivity index (χ0) is 13.8. The predicted molar refractivity (Wildman–Crippen MR) is 77.4 cm³/mol. The van der Waals surface area contributed by atoms with Gasteiger partial charge in [0.25, 0.3) is 0 Å². The molecule has 1 aromatic carbocycles. The molecule has 102 valence electrons.